The zero-order valence-electron chi connectivity index (χ0n) is 21.8. The SMILES string of the molecule is CN(Cc1ccccc1)c1cc(NC(=O)NC2CCN(CC(c3ccccc3)c3ccccc3)C2)ccn1. The number of nitrogens with zero attached hydrogens (tertiary/aromatic N) is 3. The first-order valence-corrected chi connectivity index (χ1v) is 13.2. The average Bonchev–Trinajstić information content (AvgIpc) is 3.40. The van der Waals surface area contributed by atoms with Crippen LogP contribution in [0.5, 0.6) is 0 Å². The number of carbonyl (C=O) groups is 1. The number of hydrogen-bond acceptors (Lipinski definition) is 4. The van der Waals surface area contributed by atoms with Gasteiger partial charge in [0.05, 0.1) is 0 Å². The van der Waals surface area contributed by atoms with E-state index in [1.165, 1.54) is 16.7 Å². The summed E-state index contributed by atoms with van der Waals surface area (Å²) in [5.41, 5.74) is 4.58. The molecule has 6 nitrogen and oxygen atoms in total. The normalized spacial score (nSPS) is 15.4. The maximum Gasteiger partial charge on any atom is 0.319 e. The van der Waals surface area contributed by atoms with Gasteiger partial charge in [0, 0.05) is 63.1 Å². The number of nitrogens with one attached hydrogen (secondary N) is 2. The second-order valence-electron chi connectivity index (χ2n) is 9.96. The third-order valence-corrected chi connectivity index (χ3v) is 7.11. The topological polar surface area (TPSA) is 60.5 Å². The number of benzene rings is 3. The highest BCUT2D eigenvalue weighted by Gasteiger charge is 2.27. The Hall–Kier alpha value is -4.16. The van der Waals surface area contributed by atoms with E-state index >= 15 is 0 Å². The van der Waals surface area contributed by atoms with Crippen molar-refractivity contribution in [3.8, 4) is 0 Å². The molecule has 0 aliphatic carbocycles. The van der Waals surface area contributed by atoms with E-state index in [2.05, 4.69) is 98.2 Å². The van der Waals surface area contributed by atoms with E-state index in [1.54, 1.807) is 6.20 Å². The van der Waals surface area contributed by atoms with Crippen molar-refractivity contribution in [2.45, 2.75) is 24.9 Å². The van der Waals surface area contributed by atoms with Gasteiger partial charge in [-0.1, -0.05) is 91.0 Å². The Morgan fingerprint density at radius 3 is 2.24 bits per heavy atom. The number of urea groups is 1. The van der Waals surface area contributed by atoms with E-state index in [0.717, 1.165) is 44.1 Å². The molecule has 2 amide bonds. The largest absolute Gasteiger partial charge is 0.355 e. The molecule has 2 heterocycles. The minimum absolute atomic E-state index is 0.115. The molecule has 1 fully saturated rings. The zero-order chi connectivity index (χ0) is 26.2. The van der Waals surface area contributed by atoms with Gasteiger partial charge in [0.25, 0.3) is 0 Å². The zero-order valence-corrected chi connectivity index (χ0v) is 21.8. The second kappa shape index (κ2) is 12.4. The van der Waals surface area contributed by atoms with Crippen LogP contribution in [0, 0.1) is 0 Å². The Bertz CT molecular complexity index is 1260. The quantitative estimate of drug-likeness (QED) is 0.304. The molecule has 1 saturated heterocycles. The second-order valence-corrected chi connectivity index (χ2v) is 9.96. The first-order chi connectivity index (χ1) is 18.6. The summed E-state index contributed by atoms with van der Waals surface area (Å²) < 4.78 is 0. The van der Waals surface area contributed by atoms with Gasteiger partial charge in [-0.25, -0.2) is 9.78 Å². The molecule has 1 aliphatic rings. The molecule has 0 spiro atoms. The van der Waals surface area contributed by atoms with Crippen LogP contribution < -0.4 is 15.5 Å². The molecule has 1 unspecified atom stereocenters. The van der Waals surface area contributed by atoms with E-state index in [4.69, 9.17) is 0 Å². The van der Waals surface area contributed by atoms with Crippen LogP contribution in [0.1, 0.15) is 29.0 Å². The van der Waals surface area contributed by atoms with Crippen LogP contribution in [0.25, 0.3) is 0 Å². The lowest BCUT2D eigenvalue weighted by atomic mass is 9.91. The molecule has 0 bridgehead atoms. The fourth-order valence-corrected chi connectivity index (χ4v) is 5.14. The van der Waals surface area contributed by atoms with E-state index in [9.17, 15) is 4.79 Å². The number of hydrogen-bond donors (Lipinski definition) is 2. The van der Waals surface area contributed by atoms with Crippen molar-refractivity contribution in [2.75, 3.05) is 36.9 Å². The average molecular weight is 506 g/mol. The summed E-state index contributed by atoms with van der Waals surface area (Å²) in [7, 11) is 2.00. The van der Waals surface area contributed by atoms with Gasteiger partial charge >= 0.3 is 6.03 Å². The Balaban J connectivity index is 1.15. The molecule has 5 rings (SSSR count). The standard InChI is InChI=1S/C32H35N5O/c1-36(22-25-11-5-2-6-12-25)31-21-28(17-19-33-31)34-32(38)35-29-18-20-37(23-29)24-30(26-13-7-3-8-14-26)27-15-9-4-10-16-27/h2-17,19,21,29-30H,18,20,22-24H2,1H3,(H2,33,34,35,38). The molecular formula is C32H35N5O. The Kier molecular flexibility index (Phi) is 8.31. The van der Waals surface area contributed by atoms with Gasteiger partial charge in [0.15, 0.2) is 0 Å². The molecule has 2 N–H and O–H groups in total. The highest BCUT2D eigenvalue weighted by molar-refractivity contribution is 5.89. The Labute approximate surface area is 225 Å². The number of aromatic nitrogens is 1. The highest BCUT2D eigenvalue weighted by atomic mass is 16.2. The molecule has 4 aromatic rings. The Morgan fingerprint density at radius 2 is 1.58 bits per heavy atom. The molecule has 1 aliphatic heterocycles. The fraction of sp³-hybridized carbons (Fsp3) is 0.250. The molecular weight excluding hydrogens is 470 g/mol. The van der Waals surface area contributed by atoms with E-state index < -0.39 is 0 Å². The summed E-state index contributed by atoms with van der Waals surface area (Å²) in [5, 5.41) is 6.17. The summed E-state index contributed by atoms with van der Waals surface area (Å²) >= 11 is 0. The van der Waals surface area contributed by atoms with Crippen molar-refractivity contribution in [1.82, 2.24) is 15.2 Å². The first kappa shape index (κ1) is 25.5. The number of rotatable bonds is 9. The van der Waals surface area contributed by atoms with Crippen LogP contribution >= 0.6 is 0 Å². The molecule has 0 saturated carbocycles. The number of pyridine rings is 1. The van der Waals surface area contributed by atoms with E-state index in [0.29, 0.717) is 5.92 Å². The maximum absolute atomic E-state index is 12.8. The highest BCUT2D eigenvalue weighted by Crippen LogP contribution is 2.27. The van der Waals surface area contributed by atoms with Crippen molar-refractivity contribution in [2.24, 2.45) is 0 Å². The van der Waals surface area contributed by atoms with Crippen molar-refractivity contribution in [3.63, 3.8) is 0 Å². The first-order valence-electron chi connectivity index (χ1n) is 13.2. The van der Waals surface area contributed by atoms with Crippen LogP contribution in [0.15, 0.2) is 109 Å². The number of likely N-dealkylation sites (tertiary alicyclic amines) is 1. The lowest BCUT2D eigenvalue weighted by molar-refractivity contribution is 0.247. The third kappa shape index (κ3) is 6.78. The van der Waals surface area contributed by atoms with Crippen LogP contribution in [0.3, 0.4) is 0 Å². The third-order valence-electron chi connectivity index (χ3n) is 7.11. The van der Waals surface area contributed by atoms with Gasteiger partial charge < -0.3 is 20.4 Å². The van der Waals surface area contributed by atoms with Gasteiger partial charge in [-0.05, 0) is 29.2 Å². The van der Waals surface area contributed by atoms with Gasteiger partial charge in [-0.3, -0.25) is 0 Å². The number of anilines is 2. The van der Waals surface area contributed by atoms with Crippen molar-refractivity contribution in [3.05, 3.63) is 126 Å². The lowest BCUT2D eigenvalue weighted by Crippen LogP contribution is -2.40. The van der Waals surface area contributed by atoms with Crippen LogP contribution in [-0.4, -0.2) is 48.6 Å². The molecule has 3 aromatic carbocycles. The van der Waals surface area contributed by atoms with Gasteiger partial charge in [-0.2, -0.15) is 0 Å². The van der Waals surface area contributed by atoms with E-state index in [1.807, 2.05) is 37.4 Å². The minimum atomic E-state index is -0.178. The minimum Gasteiger partial charge on any atom is -0.355 e. The summed E-state index contributed by atoms with van der Waals surface area (Å²) in [6.45, 7) is 3.47. The van der Waals surface area contributed by atoms with Crippen molar-refractivity contribution >= 4 is 17.5 Å². The predicted molar refractivity (Wildman–Crippen MR) is 155 cm³/mol. The summed E-state index contributed by atoms with van der Waals surface area (Å²) in [6, 6.07) is 35.3. The molecule has 194 valence electrons. The molecule has 6 heteroatoms. The van der Waals surface area contributed by atoms with Gasteiger partial charge in [-0.15, -0.1) is 0 Å². The van der Waals surface area contributed by atoms with Gasteiger partial charge in [0.1, 0.15) is 5.82 Å². The summed E-state index contributed by atoms with van der Waals surface area (Å²) in [5.74, 6) is 1.11. The smallest absolute Gasteiger partial charge is 0.319 e. The Morgan fingerprint density at radius 1 is 0.947 bits per heavy atom. The fourth-order valence-electron chi connectivity index (χ4n) is 5.14. The molecule has 1 aromatic heterocycles. The summed E-state index contributed by atoms with van der Waals surface area (Å²) in [6.07, 6.45) is 2.67. The predicted octanol–water partition coefficient (Wildman–Crippen LogP) is 5.75. The molecule has 38 heavy (non-hydrogen) atoms. The lowest BCUT2D eigenvalue weighted by Gasteiger charge is -2.25. The van der Waals surface area contributed by atoms with Crippen molar-refractivity contribution in [1.29, 1.82) is 0 Å². The maximum atomic E-state index is 12.8. The monoisotopic (exact) mass is 505 g/mol. The van der Waals surface area contributed by atoms with Gasteiger partial charge in [0.2, 0.25) is 0 Å². The number of carbonyl (C=O) groups excluding carboxylic acids is 1. The van der Waals surface area contributed by atoms with Crippen LogP contribution in [0.4, 0.5) is 16.3 Å². The molecule has 0 radical (unpaired) electrons. The summed E-state index contributed by atoms with van der Waals surface area (Å²) in [4.78, 5) is 21.8. The van der Waals surface area contributed by atoms with E-state index in [-0.39, 0.29) is 12.1 Å². The van der Waals surface area contributed by atoms with Crippen molar-refractivity contribution < 1.29 is 4.79 Å². The van der Waals surface area contributed by atoms with Crippen LogP contribution in [-0.2, 0) is 6.54 Å². The number of amides is 2. The molecule has 1 atom stereocenters. The van der Waals surface area contributed by atoms with Crippen LogP contribution in [0.2, 0.25) is 0 Å².